The Hall–Kier alpha value is -1.65. The van der Waals surface area contributed by atoms with E-state index in [1.807, 2.05) is 12.3 Å². The van der Waals surface area contributed by atoms with Gasteiger partial charge in [-0.2, -0.15) is 11.3 Å². The van der Waals surface area contributed by atoms with E-state index in [1.54, 1.807) is 11.3 Å². The standard InChI is InChI=1S/C14H15N3S/c15-8-12-9-17(6-3-11-4-7-18-10-11)14-13(12)2-1-5-16-14/h1-2,4-5,7,9-10H,3,6,8,15H2. The van der Waals surface area contributed by atoms with Gasteiger partial charge >= 0.3 is 0 Å². The van der Waals surface area contributed by atoms with Gasteiger partial charge in [0.25, 0.3) is 0 Å². The zero-order chi connectivity index (χ0) is 12.4. The lowest BCUT2D eigenvalue weighted by molar-refractivity contribution is 0.714. The van der Waals surface area contributed by atoms with Crippen LogP contribution in [0, 0.1) is 0 Å². The molecule has 3 nitrogen and oxygen atoms in total. The molecule has 3 heterocycles. The highest BCUT2D eigenvalue weighted by atomic mass is 32.1. The fraction of sp³-hybridized carbons (Fsp3) is 0.214. The summed E-state index contributed by atoms with van der Waals surface area (Å²) in [6.07, 6.45) is 5.00. The predicted octanol–water partition coefficient (Wildman–Crippen LogP) is 2.80. The van der Waals surface area contributed by atoms with Crippen LogP contribution in [0.4, 0.5) is 0 Å². The molecule has 0 fully saturated rings. The molecule has 0 aliphatic heterocycles. The molecule has 0 unspecified atom stereocenters. The lowest BCUT2D eigenvalue weighted by atomic mass is 10.2. The van der Waals surface area contributed by atoms with Crippen molar-refractivity contribution in [1.82, 2.24) is 9.55 Å². The highest BCUT2D eigenvalue weighted by molar-refractivity contribution is 7.07. The van der Waals surface area contributed by atoms with E-state index >= 15 is 0 Å². The van der Waals surface area contributed by atoms with Crippen LogP contribution >= 0.6 is 11.3 Å². The quantitative estimate of drug-likeness (QED) is 0.781. The molecule has 3 aromatic rings. The molecule has 0 aromatic carbocycles. The lowest BCUT2D eigenvalue weighted by Crippen LogP contribution is -2.00. The van der Waals surface area contributed by atoms with Crippen LogP contribution in [0.25, 0.3) is 11.0 Å². The van der Waals surface area contributed by atoms with Gasteiger partial charge in [-0.15, -0.1) is 0 Å². The van der Waals surface area contributed by atoms with Crippen molar-refractivity contribution in [3.05, 3.63) is 52.5 Å². The second-order valence-electron chi connectivity index (χ2n) is 4.31. The molecular weight excluding hydrogens is 242 g/mol. The van der Waals surface area contributed by atoms with Crippen molar-refractivity contribution in [3.8, 4) is 0 Å². The van der Waals surface area contributed by atoms with Gasteiger partial charge in [-0.25, -0.2) is 4.98 Å². The number of rotatable bonds is 4. The molecule has 0 radical (unpaired) electrons. The Kier molecular flexibility index (Phi) is 3.13. The van der Waals surface area contributed by atoms with Crippen LogP contribution in [0.3, 0.4) is 0 Å². The Balaban J connectivity index is 1.91. The van der Waals surface area contributed by atoms with Gasteiger partial charge in [-0.1, -0.05) is 0 Å². The number of nitrogens with zero attached hydrogens (tertiary/aromatic N) is 2. The zero-order valence-corrected chi connectivity index (χ0v) is 10.9. The highest BCUT2D eigenvalue weighted by Crippen LogP contribution is 2.19. The SMILES string of the molecule is NCc1cn(CCc2ccsc2)c2ncccc12. The van der Waals surface area contributed by atoms with Crippen molar-refractivity contribution in [1.29, 1.82) is 0 Å². The van der Waals surface area contributed by atoms with Crippen LogP contribution in [0.2, 0.25) is 0 Å². The average Bonchev–Trinajstić information content (AvgIpc) is 3.04. The summed E-state index contributed by atoms with van der Waals surface area (Å²) in [5.74, 6) is 0. The molecule has 0 amide bonds. The van der Waals surface area contributed by atoms with E-state index in [2.05, 4.69) is 38.6 Å². The molecule has 0 aliphatic carbocycles. The van der Waals surface area contributed by atoms with Crippen LogP contribution in [-0.4, -0.2) is 9.55 Å². The summed E-state index contributed by atoms with van der Waals surface area (Å²) in [6.45, 7) is 1.51. The number of aromatic nitrogens is 2. The van der Waals surface area contributed by atoms with Crippen molar-refractivity contribution in [3.63, 3.8) is 0 Å². The van der Waals surface area contributed by atoms with Gasteiger partial charge in [-0.05, 0) is 46.5 Å². The van der Waals surface area contributed by atoms with E-state index in [1.165, 1.54) is 16.5 Å². The van der Waals surface area contributed by atoms with Crippen molar-refractivity contribution >= 4 is 22.4 Å². The van der Waals surface area contributed by atoms with Gasteiger partial charge in [0.2, 0.25) is 0 Å². The third-order valence-electron chi connectivity index (χ3n) is 3.16. The number of aryl methyl sites for hydroxylation is 2. The minimum atomic E-state index is 0.563. The van der Waals surface area contributed by atoms with Crippen molar-refractivity contribution in [2.45, 2.75) is 19.5 Å². The Morgan fingerprint density at radius 2 is 2.28 bits per heavy atom. The number of fused-ring (bicyclic) bond motifs is 1. The second-order valence-corrected chi connectivity index (χ2v) is 5.09. The van der Waals surface area contributed by atoms with E-state index in [9.17, 15) is 0 Å². The second kappa shape index (κ2) is 4.92. The van der Waals surface area contributed by atoms with Gasteiger partial charge in [-0.3, -0.25) is 0 Å². The van der Waals surface area contributed by atoms with E-state index in [0.717, 1.165) is 18.6 Å². The smallest absolute Gasteiger partial charge is 0.140 e. The maximum atomic E-state index is 5.78. The number of hydrogen-bond donors (Lipinski definition) is 1. The summed E-state index contributed by atoms with van der Waals surface area (Å²) < 4.78 is 2.20. The maximum absolute atomic E-state index is 5.78. The molecule has 0 bridgehead atoms. The number of hydrogen-bond acceptors (Lipinski definition) is 3. The van der Waals surface area contributed by atoms with Crippen molar-refractivity contribution in [2.24, 2.45) is 5.73 Å². The van der Waals surface area contributed by atoms with E-state index < -0.39 is 0 Å². The van der Waals surface area contributed by atoms with E-state index in [0.29, 0.717) is 6.54 Å². The van der Waals surface area contributed by atoms with E-state index in [4.69, 9.17) is 5.73 Å². The maximum Gasteiger partial charge on any atom is 0.140 e. The molecule has 0 saturated heterocycles. The predicted molar refractivity (Wildman–Crippen MR) is 75.6 cm³/mol. The lowest BCUT2D eigenvalue weighted by Gasteiger charge is -2.02. The largest absolute Gasteiger partial charge is 0.332 e. The molecule has 0 spiro atoms. The topological polar surface area (TPSA) is 43.8 Å². The summed E-state index contributed by atoms with van der Waals surface area (Å²) in [7, 11) is 0. The summed E-state index contributed by atoms with van der Waals surface area (Å²) in [4.78, 5) is 4.46. The Morgan fingerprint density at radius 1 is 1.33 bits per heavy atom. The number of pyridine rings is 1. The summed E-state index contributed by atoms with van der Waals surface area (Å²) >= 11 is 1.74. The van der Waals surface area contributed by atoms with Crippen LogP contribution in [-0.2, 0) is 19.5 Å². The summed E-state index contributed by atoms with van der Waals surface area (Å²) in [6, 6.07) is 6.23. The molecule has 4 heteroatoms. The fourth-order valence-electron chi connectivity index (χ4n) is 2.21. The zero-order valence-electron chi connectivity index (χ0n) is 10.0. The van der Waals surface area contributed by atoms with E-state index in [-0.39, 0.29) is 0 Å². The highest BCUT2D eigenvalue weighted by Gasteiger charge is 2.07. The molecule has 92 valence electrons. The number of thiophene rings is 1. The molecule has 2 N–H and O–H groups in total. The first-order valence-electron chi connectivity index (χ1n) is 6.02. The monoisotopic (exact) mass is 257 g/mol. The van der Waals surface area contributed by atoms with Gasteiger partial charge < -0.3 is 10.3 Å². The van der Waals surface area contributed by atoms with Crippen LogP contribution in [0.1, 0.15) is 11.1 Å². The first kappa shape index (κ1) is 11.4. The molecule has 0 atom stereocenters. The Labute approximate surface area is 110 Å². The molecular formula is C14H15N3S. The fourth-order valence-corrected chi connectivity index (χ4v) is 2.92. The van der Waals surface area contributed by atoms with Crippen LogP contribution in [0.5, 0.6) is 0 Å². The molecule has 0 saturated carbocycles. The van der Waals surface area contributed by atoms with Crippen molar-refractivity contribution in [2.75, 3.05) is 0 Å². The Bertz CT molecular complexity index is 640. The Morgan fingerprint density at radius 3 is 3.06 bits per heavy atom. The normalized spacial score (nSPS) is 11.2. The first-order valence-corrected chi connectivity index (χ1v) is 6.96. The summed E-state index contributed by atoms with van der Waals surface area (Å²) in [5.41, 5.74) is 9.37. The van der Waals surface area contributed by atoms with Crippen LogP contribution < -0.4 is 5.73 Å². The summed E-state index contributed by atoms with van der Waals surface area (Å²) in [5, 5.41) is 5.49. The van der Waals surface area contributed by atoms with Gasteiger partial charge in [0.15, 0.2) is 0 Å². The minimum absolute atomic E-state index is 0.563. The molecule has 3 rings (SSSR count). The van der Waals surface area contributed by atoms with Crippen molar-refractivity contribution < 1.29 is 0 Å². The third kappa shape index (κ3) is 2.05. The third-order valence-corrected chi connectivity index (χ3v) is 3.89. The molecule has 18 heavy (non-hydrogen) atoms. The first-order chi connectivity index (χ1) is 8.88. The molecule has 3 aromatic heterocycles. The van der Waals surface area contributed by atoms with Gasteiger partial charge in [0, 0.05) is 30.9 Å². The number of nitrogens with two attached hydrogens (primary N) is 1. The van der Waals surface area contributed by atoms with Gasteiger partial charge in [0.05, 0.1) is 0 Å². The minimum Gasteiger partial charge on any atom is -0.332 e. The molecule has 0 aliphatic rings. The van der Waals surface area contributed by atoms with Gasteiger partial charge in [0.1, 0.15) is 5.65 Å². The average molecular weight is 257 g/mol. The van der Waals surface area contributed by atoms with Crippen LogP contribution in [0.15, 0.2) is 41.4 Å².